The molecular formula is C12H16N2O3. The highest BCUT2D eigenvalue weighted by molar-refractivity contribution is 5.83. The van der Waals surface area contributed by atoms with E-state index < -0.39 is 5.91 Å². The average Bonchev–Trinajstić information content (AvgIpc) is 2.29. The van der Waals surface area contributed by atoms with Gasteiger partial charge in [-0.1, -0.05) is 18.2 Å². The van der Waals surface area contributed by atoms with E-state index in [0.717, 1.165) is 5.75 Å². The second-order valence-electron chi connectivity index (χ2n) is 3.63. The summed E-state index contributed by atoms with van der Waals surface area (Å²) in [6.07, 6.45) is 0.221. The number of carbonyl (C=O) groups excluding carboxylic acids is 2. The van der Waals surface area contributed by atoms with Crippen LogP contribution >= 0.6 is 0 Å². The lowest BCUT2D eigenvalue weighted by Crippen LogP contribution is -2.35. The molecule has 0 atom stereocenters. The molecule has 2 N–H and O–H groups in total. The van der Waals surface area contributed by atoms with E-state index in [2.05, 4.69) is 0 Å². The molecular weight excluding hydrogens is 220 g/mol. The fraction of sp³-hybridized carbons (Fsp3) is 0.333. The quantitative estimate of drug-likeness (QED) is 0.777. The molecule has 0 saturated heterocycles. The third-order valence-corrected chi connectivity index (χ3v) is 2.15. The standard InChI is InChI=1S/C12H16N2O3/c1-14(9-11(13)15)12(16)7-8-17-10-5-3-2-4-6-10/h2-6H,7-9H2,1H3,(H2,13,15). The van der Waals surface area contributed by atoms with Crippen LogP contribution in [0.25, 0.3) is 0 Å². The molecule has 0 bridgehead atoms. The first-order valence-corrected chi connectivity index (χ1v) is 5.29. The van der Waals surface area contributed by atoms with Gasteiger partial charge in [-0.3, -0.25) is 9.59 Å². The van der Waals surface area contributed by atoms with E-state index in [0.29, 0.717) is 0 Å². The van der Waals surface area contributed by atoms with Gasteiger partial charge in [0.15, 0.2) is 0 Å². The highest BCUT2D eigenvalue weighted by Gasteiger charge is 2.10. The van der Waals surface area contributed by atoms with Gasteiger partial charge in [-0.25, -0.2) is 0 Å². The molecule has 0 aliphatic heterocycles. The van der Waals surface area contributed by atoms with Crippen molar-refractivity contribution in [1.82, 2.24) is 4.90 Å². The summed E-state index contributed by atoms with van der Waals surface area (Å²) in [5.41, 5.74) is 4.99. The van der Waals surface area contributed by atoms with Crippen molar-refractivity contribution in [2.45, 2.75) is 6.42 Å². The molecule has 0 unspecified atom stereocenters. The zero-order valence-electron chi connectivity index (χ0n) is 9.76. The summed E-state index contributed by atoms with van der Waals surface area (Å²) < 4.78 is 5.37. The summed E-state index contributed by atoms with van der Waals surface area (Å²) in [6, 6.07) is 9.24. The summed E-state index contributed by atoms with van der Waals surface area (Å²) >= 11 is 0. The number of carbonyl (C=O) groups is 2. The van der Waals surface area contributed by atoms with Crippen LogP contribution in [0.3, 0.4) is 0 Å². The molecule has 0 radical (unpaired) electrons. The molecule has 0 aliphatic carbocycles. The van der Waals surface area contributed by atoms with E-state index in [-0.39, 0.29) is 25.5 Å². The van der Waals surface area contributed by atoms with Gasteiger partial charge in [0, 0.05) is 7.05 Å². The maximum atomic E-state index is 11.5. The Hall–Kier alpha value is -2.04. The maximum Gasteiger partial charge on any atom is 0.237 e. The molecule has 92 valence electrons. The van der Waals surface area contributed by atoms with E-state index in [1.165, 1.54) is 11.9 Å². The first-order chi connectivity index (χ1) is 8.09. The molecule has 0 aliphatic rings. The Kier molecular flexibility index (Phi) is 5.00. The zero-order chi connectivity index (χ0) is 12.7. The van der Waals surface area contributed by atoms with Crippen LogP contribution in [0.4, 0.5) is 0 Å². The molecule has 1 aromatic carbocycles. The Morgan fingerprint density at radius 2 is 1.94 bits per heavy atom. The first kappa shape index (κ1) is 13.0. The normalized spacial score (nSPS) is 9.71. The number of para-hydroxylation sites is 1. The number of benzene rings is 1. The highest BCUT2D eigenvalue weighted by atomic mass is 16.5. The minimum Gasteiger partial charge on any atom is -0.493 e. The zero-order valence-corrected chi connectivity index (χ0v) is 9.76. The molecule has 0 aromatic heterocycles. The average molecular weight is 236 g/mol. The number of rotatable bonds is 6. The van der Waals surface area contributed by atoms with Crippen LogP contribution in [-0.2, 0) is 9.59 Å². The second kappa shape index (κ2) is 6.52. The molecule has 5 heteroatoms. The van der Waals surface area contributed by atoms with Gasteiger partial charge in [0.2, 0.25) is 11.8 Å². The molecule has 0 fully saturated rings. The predicted octanol–water partition coefficient (Wildman–Crippen LogP) is 0.399. The lowest BCUT2D eigenvalue weighted by molar-refractivity contribution is -0.134. The van der Waals surface area contributed by atoms with Crippen LogP contribution < -0.4 is 10.5 Å². The van der Waals surface area contributed by atoms with Gasteiger partial charge in [0.1, 0.15) is 5.75 Å². The Balaban J connectivity index is 2.27. The van der Waals surface area contributed by atoms with Crippen molar-refractivity contribution in [2.75, 3.05) is 20.2 Å². The van der Waals surface area contributed by atoms with Crippen LogP contribution in [0, 0.1) is 0 Å². The Bertz CT molecular complexity index is 379. The minimum absolute atomic E-state index is 0.0653. The number of amides is 2. The smallest absolute Gasteiger partial charge is 0.237 e. The van der Waals surface area contributed by atoms with Crippen molar-refractivity contribution in [3.05, 3.63) is 30.3 Å². The summed E-state index contributed by atoms with van der Waals surface area (Å²) in [5, 5.41) is 0. The summed E-state index contributed by atoms with van der Waals surface area (Å²) in [6.45, 7) is 0.218. The fourth-order valence-corrected chi connectivity index (χ4v) is 1.29. The molecule has 0 spiro atoms. The maximum absolute atomic E-state index is 11.5. The Morgan fingerprint density at radius 1 is 1.29 bits per heavy atom. The van der Waals surface area contributed by atoms with Gasteiger partial charge < -0.3 is 15.4 Å². The van der Waals surface area contributed by atoms with Crippen molar-refractivity contribution in [3.8, 4) is 5.75 Å². The van der Waals surface area contributed by atoms with Gasteiger partial charge >= 0.3 is 0 Å². The molecule has 0 heterocycles. The Morgan fingerprint density at radius 3 is 2.53 bits per heavy atom. The van der Waals surface area contributed by atoms with Gasteiger partial charge in [0.25, 0.3) is 0 Å². The van der Waals surface area contributed by atoms with E-state index in [4.69, 9.17) is 10.5 Å². The van der Waals surface area contributed by atoms with E-state index >= 15 is 0 Å². The predicted molar refractivity (Wildman–Crippen MR) is 63.4 cm³/mol. The number of likely N-dealkylation sites (N-methyl/N-ethyl adjacent to an activating group) is 1. The second-order valence-corrected chi connectivity index (χ2v) is 3.63. The van der Waals surface area contributed by atoms with Gasteiger partial charge in [-0.15, -0.1) is 0 Å². The number of hydrogen-bond acceptors (Lipinski definition) is 3. The first-order valence-electron chi connectivity index (χ1n) is 5.29. The van der Waals surface area contributed by atoms with Crippen molar-refractivity contribution in [2.24, 2.45) is 5.73 Å². The highest BCUT2D eigenvalue weighted by Crippen LogP contribution is 2.08. The summed E-state index contributed by atoms with van der Waals surface area (Å²) in [4.78, 5) is 23.4. The van der Waals surface area contributed by atoms with Crippen molar-refractivity contribution in [1.29, 1.82) is 0 Å². The number of primary amides is 1. The van der Waals surface area contributed by atoms with E-state index in [1.807, 2.05) is 30.3 Å². The van der Waals surface area contributed by atoms with Crippen LogP contribution in [0.5, 0.6) is 5.75 Å². The number of nitrogens with two attached hydrogens (primary N) is 1. The van der Waals surface area contributed by atoms with Crippen molar-refractivity contribution < 1.29 is 14.3 Å². The lowest BCUT2D eigenvalue weighted by Gasteiger charge is -2.15. The molecule has 0 saturated carbocycles. The van der Waals surface area contributed by atoms with Crippen LogP contribution in [0.1, 0.15) is 6.42 Å². The molecule has 5 nitrogen and oxygen atoms in total. The van der Waals surface area contributed by atoms with Crippen molar-refractivity contribution >= 4 is 11.8 Å². The van der Waals surface area contributed by atoms with Crippen molar-refractivity contribution in [3.63, 3.8) is 0 Å². The number of hydrogen-bond donors (Lipinski definition) is 1. The monoisotopic (exact) mass is 236 g/mol. The largest absolute Gasteiger partial charge is 0.493 e. The summed E-state index contributed by atoms with van der Waals surface area (Å²) in [5.74, 6) is 0.0300. The van der Waals surface area contributed by atoms with E-state index in [1.54, 1.807) is 0 Å². The van der Waals surface area contributed by atoms with Gasteiger partial charge in [-0.05, 0) is 12.1 Å². The topological polar surface area (TPSA) is 72.6 Å². The molecule has 1 aromatic rings. The lowest BCUT2D eigenvalue weighted by atomic mass is 10.3. The third-order valence-electron chi connectivity index (χ3n) is 2.15. The van der Waals surface area contributed by atoms with Gasteiger partial charge in [0.05, 0.1) is 19.6 Å². The molecule has 2 amide bonds. The SMILES string of the molecule is CN(CC(N)=O)C(=O)CCOc1ccccc1. The number of ether oxygens (including phenoxy) is 1. The molecule has 17 heavy (non-hydrogen) atoms. The van der Waals surface area contributed by atoms with Crippen LogP contribution in [-0.4, -0.2) is 36.9 Å². The Labute approximate surface area is 100 Å². The third kappa shape index (κ3) is 5.01. The van der Waals surface area contributed by atoms with E-state index in [9.17, 15) is 9.59 Å². The minimum atomic E-state index is -0.523. The fourth-order valence-electron chi connectivity index (χ4n) is 1.29. The van der Waals surface area contributed by atoms with Gasteiger partial charge in [-0.2, -0.15) is 0 Å². The van der Waals surface area contributed by atoms with Crippen LogP contribution in [0.2, 0.25) is 0 Å². The summed E-state index contributed by atoms with van der Waals surface area (Å²) in [7, 11) is 1.54. The number of nitrogens with zero attached hydrogens (tertiary/aromatic N) is 1. The molecule has 1 rings (SSSR count). The van der Waals surface area contributed by atoms with Crippen LogP contribution in [0.15, 0.2) is 30.3 Å².